The van der Waals surface area contributed by atoms with Gasteiger partial charge in [-0.2, -0.15) is 0 Å². The monoisotopic (exact) mass is 287 g/mol. The molecule has 2 heteroatoms. The Kier molecular flexibility index (Phi) is 6.28. The van der Waals surface area contributed by atoms with E-state index < -0.39 is 0 Å². The van der Waals surface area contributed by atoms with Gasteiger partial charge in [0.05, 0.1) is 0 Å². The van der Waals surface area contributed by atoms with Gasteiger partial charge in [-0.05, 0) is 50.8 Å². The predicted molar refractivity (Wildman–Crippen MR) is 89.9 cm³/mol. The summed E-state index contributed by atoms with van der Waals surface area (Å²) in [5, 5.41) is 0. The van der Waals surface area contributed by atoms with Crippen LogP contribution in [-0.4, -0.2) is 18.9 Å². The largest absolute Gasteiger partial charge is 0.372 e. The van der Waals surface area contributed by atoms with E-state index in [2.05, 4.69) is 43.0 Å². The van der Waals surface area contributed by atoms with E-state index in [1.54, 1.807) is 0 Å². The first-order valence-electron chi connectivity index (χ1n) is 8.61. The van der Waals surface area contributed by atoms with Crippen molar-refractivity contribution in [3.63, 3.8) is 0 Å². The lowest BCUT2D eigenvalue weighted by atomic mass is 9.85. The molecule has 0 bridgehead atoms. The van der Waals surface area contributed by atoms with Crippen LogP contribution in [0.2, 0.25) is 0 Å². The molecular formula is C19H29NO. The van der Waals surface area contributed by atoms with E-state index >= 15 is 0 Å². The first kappa shape index (κ1) is 16.1. The van der Waals surface area contributed by atoms with Gasteiger partial charge in [0.2, 0.25) is 0 Å². The van der Waals surface area contributed by atoms with E-state index in [0.29, 0.717) is 5.78 Å². The molecule has 0 spiro atoms. The van der Waals surface area contributed by atoms with Crippen molar-refractivity contribution in [2.45, 2.75) is 58.8 Å². The Bertz CT molecular complexity index is 433. The number of rotatable bonds is 5. The van der Waals surface area contributed by atoms with Crippen LogP contribution in [0.15, 0.2) is 24.3 Å². The summed E-state index contributed by atoms with van der Waals surface area (Å²) < 4.78 is 0. The summed E-state index contributed by atoms with van der Waals surface area (Å²) in [6.07, 6.45) is 7.64. The third kappa shape index (κ3) is 4.59. The summed E-state index contributed by atoms with van der Waals surface area (Å²) in [5.41, 5.74) is 2.59. The van der Waals surface area contributed by atoms with Crippen molar-refractivity contribution in [3.05, 3.63) is 29.8 Å². The fourth-order valence-corrected chi connectivity index (χ4v) is 3.34. The van der Waals surface area contributed by atoms with Crippen molar-refractivity contribution < 1.29 is 4.79 Å². The molecule has 1 fully saturated rings. The quantitative estimate of drug-likeness (QED) is 0.788. The SMILES string of the molecule is CCN(CC)c1ccc(CC2CCCCCCC2=O)cc1. The number of hydrogen-bond donors (Lipinski definition) is 0. The van der Waals surface area contributed by atoms with Gasteiger partial charge in [0.15, 0.2) is 0 Å². The lowest BCUT2D eigenvalue weighted by molar-refractivity contribution is -0.123. The van der Waals surface area contributed by atoms with Crippen LogP contribution in [0.25, 0.3) is 0 Å². The molecule has 0 aromatic heterocycles. The van der Waals surface area contributed by atoms with Crippen LogP contribution in [0.1, 0.15) is 57.9 Å². The van der Waals surface area contributed by atoms with Crippen LogP contribution in [0.5, 0.6) is 0 Å². The topological polar surface area (TPSA) is 20.3 Å². The molecule has 0 saturated heterocycles. The maximum Gasteiger partial charge on any atom is 0.136 e. The summed E-state index contributed by atoms with van der Waals surface area (Å²) >= 11 is 0. The minimum atomic E-state index is 0.254. The molecule has 0 heterocycles. The molecule has 0 radical (unpaired) electrons. The number of Topliss-reactive ketones (excluding diaryl/α,β-unsaturated/α-hetero) is 1. The van der Waals surface area contributed by atoms with Gasteiger partial charge in [-0.15, -0.1) is 0 Å². The summed E-state index contributed by atoms with van der Waals surface area (Å²) in [7, 11) is 0. The Morgan fingerprint density at radius 1 is 1.00 bits per heavy atom. The van der Waals surface area contributed by atoms with Crippen LogP contribution in [0.4, 0.5) is 5.69 Å². The molecule has 1 aromatic rings. The van der Waals surface area contributed by atoms with Gasteiger partial charge in [0.1, 0.15) is 5.78 Å². The second-order valence-electron chi connectivity index (χ2n) is 6.16. The van der Waals surface area contributed by atoms with Gasteiger partial charge in [-0.1, -0.05) is 31.4 Å². The third-order valence-corrected chi connectivity index (χ3v) is 4.73. The smallest absolute Gasteiger partial charge is 0.136 e. The van der Waals surface area contributed by atoms with Crippen molar-refractivity contribution in [3.8, 4) is 0 Å². The average Bonchev–Trinajstić information content (AvgIpc) is 2.50. The molecular weight excluding hydrogens is 258 g/mol. The fraction of sp³-hybridized carbons (Fsp3) is 0.632. The van der Waals surface area contributed by atoms with Crippen molar-refractivity contribution >= 4 is 11.5 Å². The minimum absolute atomic E-state index is 0.254. The van der Waals surface area contributed by atoms with Crippen LogP contribution in [0.3, 0.4) is 0 Å². The van der Waals surface area contributed by atoms with Crippen LogP contribution < -0.4 is 4.90 Å². The van der Waals surface area contributed by atoms with Crippen LogP contribution in [-0.2, 0) is 11.2 Å². The number of benzene rings is 1. The zero-order valence-electron chi connectivity index (χ0n) is 13.6. The first-order chi connectivity index (χ1) is 10.2. The van der Waals surface area contributed by atoms with Gasteiger partial charge in [0, 0.05) is 31.1 Å². The summed E-state index contributed by atoms with van der Waals surface area (Å²) in [4.78, 5) is 14.6. The number of carbonyl (C=O) groups excluding carboxylic acids is 1. The van der Waals surface area contributed by atoms with Crippen molar-refractivity contribution in [2.24, 2.45) is 5.92 Å². The second-order valence-corrected chi connectivity index (χ2v) is 6.16. The zero-order chi connectivity index (χ0) is 15.1. The van der Waals surface area contributed by atoms with Gasteiger partial charge in [0.25, 0.3) is 0 Å². The highest BCUT2D eigenvalue weighted by Gasteiger charge is 2.20. The highest BCUT2D eigenvalue weighted by atomic mass is 16.1. The van der Waals surface area contributed by atoms with E-state index in [1.807, 2.05) is 0 Å². The normalized spacial score (nSPS) is 19.9. The van der Waals surface area contributed by atoms with Crippen LogP contribution in [0, 0.1) is 5.92 Å². The highest BCUT2D eigenvalue weighted by molar-refractivity contribution is 5.81. The van der Waals surface area contributed by atoms with E-state index in [-0.39, 0.29) is 5.92 Å². The maximum atomic E-state index is 12.2. The number of hydrogen-bond acceptors (Lipinski definition) is 2. The summed E-state index contributed by atoms with van der Waals surface area (Å²) in [6, 6.07) is 8.82. The molecule has 116 valence electrons. The molecule has 0 N–H and O–H groups in total. The van der Waals surface area contributed by atoms with Gasteiger partial charge in [-0.25, -0.2) is 0 Å². The second kappa shape index (κ2) is 8.21. The molecule has 21 heavy (non-hydrogen) atoms. The first-order valence-corrected chi connectivity index (χ1v) is 8.61. The van der Waals surface area contributed by atoms with Gasteiger partial charge >= 0.3 is 0 Å². The third-order valence-electron chi connectivity index (χ3n) is 4.73. The Hall–Kier alpha value is -1.31. The number of nitrogens with zero attached hydrogens (tertiary/aromatic N) is 1. The molecule has 1 unspecified atom stereocenters. The van der Waals surface area contributed by atoms with Gasteiger partial charge < -0.3 is 4.90 Å². The standard InChI is InChI=1S/C19H29NO/c1-3-20(4-2)18-13-11-16(12-14-18)15-17-9-7-5-6-8-10-19(17)21/h11-14,17H,3-10,15H2,1-2H3. The van der Waals surface area contributed by atoms with Crippen molar-refractivity contribution in [2.75, 3.05) is 18.0 Å². The van der Waals surface area contributed by atoms with Crippen LogP contribution >= 0.6 is 0 Å². The van der Waals surface area contributed by atoms with Crippen molar-refractivity contribution in [1.82, 2.24) is 0 Å². The fourth-order valence-electron chi connectivity index (χ4n) is 3.34. The maximum absolute atomic E-state index is 12.2. The minimum Gasteiger partial charge on any atom is -0.372 e. The molecule has 2 nitrogen and oxygen atoms in total. The van der Waals surface area contributed by atoms with E-state index in [0.717, 1.165) is 38.8 Å². The lowest BCUT2D eigenvalue weighted by Gasteiger charge is -2.22. The number of carbonyl (C=O) groups is 1. The van der Waals surface area contributed by atoms with E-state index in [4.69, 9.17) is 0 Å². The average molecular weight is 287 g/mol. The zero-order valence-corrected chi connectivity index (χ0v) is 13.6. The summed E-state index contributed by atoms with van der Waals surface area (Å²) in [6.45, 7) is 6.45. The van der Waals surface area contributed by atoms with E-state index in [9.17, 15) is 4.79 Å². The molecule has 2 rings (SSSR count). The molecule has 0 aliphatic heterocycles. The Balaban J connectivity index is 1.99. The molecule has 0 amide bonds. The lowest BCUT2D eigenvalue weighted by Crippen LogP contribution is -2.22. The highest BCUT2D eigenvalue weighted by Crippen LogP contribution is 2.24. The Morgan fingerprint density at radius 2 is 1.67 bits per heavy atom. The number of ketones is 1. The molecule has 1 aromatic carbocycles. The molecule has 1 atom stereocenters. The van der Waals surface area contributed by atoms with E-state index in [1.165, 1.54) is 30.5 Å². The predicted octanol–water partition coefficient (Wildman–Crippen LogP) is 4.61. The van der Waals surface area contributed by atoms with Gasteiger partial charge in [-0.3, -0.25) is 4.79 Å². The Morgan fingerprint density at radius 3 is 2.33 bits per heavy atom. The molecule has 1 aliphatic carbocycles. The molecule has 1 saturated carbocycles. The number of anilines is 1. The summed E-state index contributed by atoms with van der Waals surface area (Å²) in [5.74, 6) is 0.743. The Labute approximate surface area is 129 Å². The molecule has 1 aliphatic rings. The van der Waals surface area contributed by atoms with Crippen molar-refractivity contribution in [1.29, 1.82) is 0 Å².